The molecule has 0 saturated carbocycles. The van der Waals surface area contributed by atoms with Gasteiger partial charge >= 0.3 is 0 Å². The van der Waals surface area contributed by atoms with Gasteiger partial charge in [0.1, 0.15) is 5.75 Å². The predicted octanol–water partition coefficient (Wildman–Crippen LogP) is -1.79. The van der Waals surface area contributed by atoms with Gasteiger partial charge in [0, 0.05) is 41.6 Å². The van der Waals surface area contributed by atoms with E-state index in [0.717, 1.165) is 0 Å². The molecule has 1 atom stereocenters. The van der Waals surface area contributed by atoms with Crippen molar-refractivity contribution in [2.24, 2.45) is 0 Å². The Morgan fingerprint density at radius 2 is 1.87 bits per heavy atom. The van der Waals surface area contributed by atoms with Gasteiger partial charge in [-0.25, -0.2) is 0 Å². The second kappa shape index (κ2) is 7.18. The topological polar surface area (TPSA) is 107 Å². The van der Waals surface area contributed by atoms with Gasteiger partial charge in [0.15, 0.2) is 0 Å². The number of β-amino-alcohol motifs (C(OH)–C–C–N with tert-alkyl or cyclic N) is 1. The molecule has 0 saturated heterocycles. The van der Waals surface area contributed by atoms with Crippen LogP contribution in [-0.2, 0) is 10.1 Å². The first kappa shape index (κ1) is 18.2. The van der Waals surface area contributed by atoms with Gasteiger partial charge in [-0.2, -0.15) is 8.42 Å². The number of nitrogens with one attached hydrogen (secondary N) is 1. The van der Waals surface area contributed by atoms with E-state index >= 15 is 0 Å². The van der Waals surface area contributed by atoms with Crippen molar-refractivity contribution in [3.05, 3.63) is 0 Å². The Hall–Kier alpha value is 0.790. The molecular formula is C7H17NNaO5S. The maximum atomic E-state index is 10.4. The fourth-order valence-corrected chi connectivity index (χ4v) is 1.36. The van der Waals surface area contributed by atoms with E-state index in [0.29, 0.717) is 0 Å². The number of aliphatic hydroxyl groups is 2. The van der Waals surface area contributed by atoms with E-state index in [1.165, 1.54) is 0 Å². The van der Waals surface area contributed by atoms with E-state index in [4.69, 9.17) is 14.8 Å². The molecule has 0 aliphatic heterocycles. The molecule has 0 spiro atoms. The Labute approximate surface area is 112 Å². The van der Waals surface area contributed by atoms with Crippen LogP contribution in [0.15, 0.2) is 0 Å². The number of hydrogen-bond acceptors (Lipinski definition) is 5. The summed E-state index contributed by atoms with van der Waals surface area (Å²) in [5, 5.41) is 20.7. The molecule has 0 amide bonds. The molecule has 87 valence electrons. The third-order valence-corrected chi connectivity index (χ3v) is 2.42. The van der Waals surface area contributed by atoms with E-state index in [1.807, 2.05) is 0 Å². The minimum absolute atomic E-state index is 0. The summed E-state index contributed by atoms with van der Waals surface area (Å²) >= 11 is 0. The third-order valence-electron chi connectivity index (χ3n) is 1.61. The average Bonchev–Trinajstić information content (AvgIpc) is 1.98. The normalized spacial score (nSPS) is 14.5. The molecule has 1 unspecified atom stereocenters. The molecule has 0 aromatic carbocycles. The van der Waals surface area contributed by atoms with Crippen molar-refractivity contribution in [3.8, 4) is 0 Å². The molecule has 0 aromatic rings. The average molecular weight is 250 g/mol. The van der Waals surface area contributed by atoms with E-state index in [9.17, 15) is 8.42 Å². The van der Waals surface area contributed by atoms with Crippen LogP contribution in [0, 0.1) is 0 Å². The minimum atomic E-state index is -4.15. The van der Waals surface area contributed by atoms with Crippen LogP contribution in [0.4, 0.5) is 0 Å². The van der Waals surface area contributed by atoms with Crippen LogP contribution < -0.4 is 5.32 Å². The zero-order chi connectivity index (χ0) is 11.4. The quantitative estimate of drug-likeness (QED) is 0.328. The summed E-state index contributed by atoms with van der Waals surface area (Å²) in [5.41, 5.74) is -0.583. The van der Waals surface area contributed by atoms with Crippen molar-refractivity contribution in [2.75, 3.05) is 18.9 Å². The maximum Gasteiger partial charge on any atom is 0.267 e. The van der Waals surface area contributed by atoms with Gasteiger partial charge in [-0.1, -0.05) is 0 Å². The van der Waals surface area contributed by atoms with Crippen LogP contribution in [0.25, 0.3) is 0 Å². The summed E-state index contributed by atoms with van der Waals surface area (Å²) in [7, 11) is -4.15. The molecule has 0 rings (SSSR count). The Balaban J connectivity index is 0. The summed E-state index contributed by atoms with van der Waals surface area (Å²) in [6, 6.07) is 0. The van der Waals surface area contributed by atoms with Gasteiger partial charge in [-0.05, 0) is 13.8 Å². The second-order valence-electron chi connectivity index (χ2n) is 3.83. The molecule has 0 fully saturated rings. The summed E-state index contributed by atoms with van der Waals surface area (Å²) in [6.07, 6.45) is -1.18. The summed E-state index contributed by atoms with van der Waals surface area (Å²) in [4.78, 5) is 0. The first-order valence-electron chi connectivity index (χ1n) is 4.15. The fraction of sp³-hybridized carbons (Fsp3) is 1.00. The van der Waals surface area contributed by atoms with E-state index in [2.05, 4.69) is 5.32 Å². The zero-order valence-corrected chi connectivity index (χ0v) is 12.1. The number of aliphatic hydroxyl groups excluding tert-OH is 2. The van der Waals surface area contributed by atoms with Gasteiger partial charge in [0.05, 0.1) is 12.7 Å². The van der Waals surface area contributed by atoms with Crippen molar-refractivity contribution < 1.29 is 23.2 Å². The van der Waals surface area contributed by atoms with Crippen LogP contribution >= 0.6 is 0 Å². The SMILES string of the molecule is CC(C)(CO)NCC(O)CS(=O)(=O)O.[Na]. The van der Waals surface area contributed by atoms with Crippen LogP contribution in [-0.4, -0.2) is 83.3 Å². The van der Waals surface area contributed by atoms with Crippen LogP contribution in [0.5, 0.6) is 0 Å². The Morgan fingerprint density at radius 1 is 1.40 bits per heavy atom. The molecular weight excluding hydrogens is 233 g/mol. The van der Waals surface area contributed by atoms with E-state index in [-0.39, 0.29) is 42.7 Å². The van der Waals surface area contributed by atoms with Crippen molar-refractivity contribution in [2.45, 2.75) is 25.5 Å². The molecule has 4 N–H and O–H groups in total. The Kier molecular flexibility index (Phi) is 8.70. The van der Waals surface area contributed by atoms with E-state index in [1.54, 1.807) is 13.8 Å². The summed E-state index contributed by atoms with van der Waals surface area (Å²) in [5.74, 6) is -0.707. The number of hydrogen-bond donors (Lipinski definition) is 4. The van der Waals surface area contributed by atoms with E-state index < -0.39 is 27.5 Å². The predicted molar refractivity (Wildman–Crippen MR) is 57.3 cm³/mol. The van der Waals surface area contributed by atoms with Crippen molar-refractivity contribution >= 4 is 39.7 Å². The number of rotatable bonds is 6. The summed E-state index contributed by atoms with van der Waals surface area (Å²) < 4.78 is 29.1. The van der Waals surface area contributed by atoms with Crippen molar-refractivity contribution in [3.63, 3.8) is 0 Å². The minimum Gasteiger partial charge on any atom is -0.394 e. The molecule has 0 aliphatic carbocycles. The van der Waals surface area contributed by atoms with Gasteiger partial charge in [-0.15, -0.1) is 0 Å². The molecule has 0 aromatic heterocycles. The molecule has 15 heavy (non-hydrogen) atoms. The van der Waals surface area contributed by atoms with Crippen LogP contribution in [0.2, 0.25) is 0 Å². The molecule has 1 radical (unpaired) electrons. The third kappa shape index (κ3) is 11.1. The van der Waals surface area contributed by atoms with Gasteiger partial charge in [-0.3, -0.25) is 4.55 Å². The van der Waals surface area contributed by atoms with Crippen molar-refractivity contribution in [1.82, 2.24) is 5.32 Å². The maximum absolute atomic E-state index is 10.4. The Morgan fingerprint density at radius 3 is 2.20 bits per heavy atom. The first-order valence-corrected chi connectivity index (χ1v) is 5.76. The first-order chi connectivity index (χ1) is 6.16. The fourth-order valence-electron chi connectivity index (χ4n) is 0.752. The molecule has 0 heterocycles. The van der Waals surface area contributed by atoms with Gasteiger partial charge < -0.3 is 15.5 Å². The van der Waals surface area contributed by atoms with Gasteiger partial charge in [0.2, 0.25) is 0 Å². The van der Waals surface area contributed by atoms with Crippen LogP contribution in [0.1, 0.15) is 13.8 Å². The molecule has 8 heteroatoms. The standard InChI is InChI=1S/C7H17NO5S.Na/c1-7(2,5-9)8-3-6(10)4-14(11,12)13;/h6,8-10H,3-5H2,1-2H3,(H,11,12,13);. The monoisotopic (exact) mass is 250 g/mol. The summed E-state index contributed by atoms with van der Waals surface area (Å²) in [6.45, 7) is 3.26. The second-order valence-corrected chi connectivity index (χ2v) is 5.32. The molecule has 0 bridgehead atoms. The van der Waals surface area contributed by atoms with Gasteiger partial charge in [0.25, 0.3) is 10.1 Å². The van der Waals surface area contributed by atoms with Crippen molar-refractivity contribution in [1.29, 1.82) is 0 Å². The Bertz CT molecular complexity index is 267. The van der Waals surface area contributed by atoms with Crippen LogP contribution in [0.3, 0.4) is 0 Å². The zero-order valence-electron chi connectivity index (χ0n) is 9.27. The largest absolute Gasteiger partial charge is 0.394 e. The molecule has 0 aliphatic rings. The smallest absolute Gasteiger partial charge is 0.267 e. The molecule has 6 nitrogen and oxygen atoms in total.